The molecule has 0 bridgehead atoms. The quantitative estimate of drug-likeness (QED) is 0.344. The summed E-state index contributed by atoms with van der Waals surface area (Å²) >= 11 is 7.51. The van der Waals surface area contributed by atoms with Gasteiger partial charge in [-0.05, 0) is 66.6 Å². The lowest BCUT2D eigenvalue weighted by atomic mass is 9.87. The monoisotopic (exact) mass is 496 g/mol. The molecule has 1 fully saturated rings. The number of carbonyl (C=O) groups excluding carboxylic acids is 2. The molecule has 4 rings (SSSR count). The van der Waals surface area contributed by atoms with Crippen LogP contribution in [0.25, 0.3) is 10.4 Å². The number of thiophene rings is 1. The fourth-order valence-corrected chi connectivity index (χ4v) is 5.86. The zero-order valence-electron chi connectivity index (χ0n) is 19.4. The van der Waals surface area contributed by atoms with Crippen LogP contribution in [0, 0.1) is 12.8 Å². The van der Waals surface area contributed by atoms with Crippen LogP contribution in [0.4, 0.5) is 5.69 Å². The Balaban J connectivity index is 1.51. The van der Waals surface area contributed by atoms with Crippen molar-refractivity contribution in [1.29, 1.82) is 0 Å². The molecule has 1 aliphatic rings. The number of esters is 1. The number of benzene rings is 2. The second kappa shape index (κ2) is 10.7. The highest BCUT2D eigenvalue weighted by Gasteiger charge is 2.32. The van der Waals surface area contributed by atoms with Crippen molar-refractivity contribution in [2.45, 2.75) is 32.2 Å². The van der Waals surface area contributed by atoms with Gasteiger partial charge in [0.05, 0.1) is 24.4 Å². The summed E-state index contributed by atoms with van der Waals surface area (Å²) in [6.45, 7) is 3.51. The molecule has 2 atom stereocenters. The molecule has 5 nitrogen and oxygen atoms in total. The largest absolute Gasteiger partial charge is 0.469 e. The number of halogens is 1. The predicted octanol–water partition coefficient (Wildman–Crippen LogP) is 5.52. The van der Waals surface area contributed by atoms with E-state index in [1.807, 2.05) is 61.5 Å². The molecule has 2 heterocycles. The van der Waals surface area contributed by atoms with Gasteiger partial charge >= 0.3 is 5.97 Å². The number of hydrogen-bond donors (Lipinski definition) is 1. The standard InChI is InChI=1S/C27H29ClN2O3S/c1-17-14-23(18-9-11-21(28)12-10-18)34-27(17)26(32)25(29)20-7-5-13-30(16-20)22-8-4-3-6-19(22)15-24(31)33-2/h3-4,6,8-12,14,20,25H,5,7,13,15-16,29H2,1-2H3. The number of methoxy groups -OCH3 is 1. The van der Waals surface area contributed by atoms with Gasteiger partial charge in [0.15, 0.2) is 5.78 Å². The maximum atomic E-state index is 13.4. The molecule has 1 aromatic heterocycles. The number of rotatable bonds is 7. The van der Waals surface area contributed by atoms with Crippen molar-refractivity contribution in [1.82, 2.24) is 0 Å². The molecule has 2 unspecified atom stereocenters. The number of Topliss-reactive ketones (excluding diaryl/α,β-unsaturated/α-hetero) is 1. The average Bonchev–Trinajstić information content (AvgIpc) is 3.25. The van der Waals surface area contributed by atoms with Crippen LogP contribution in [0.15, 0.2) is 54.6 Å². The summed E-state index contributed by atoms with van der Waals surface area (Å²) in [6.07, 6.45) is 2.06. The number of nitrogens with zero attached hydrogens (tertiary/aromatic N) is 1. The van der Waals surface area contributed by atoms with Crippen LogP contribution in [0.2, 0.25) is 5.02 Å². The molecular weight excluding hydrogens is 468 g/mol. The molecule has 1 aliphatic heterocycles. The first-order chi connectivity index (χ1) is 16.4. The Morgan fingerprint density at radius 1 is 1.21 bits per heavy atom. The van der Waals surface area contributed by atoms with E-state index < -0.39 is 6.04 Å². The van der Waals surface area contributed by atoms with E-state index in [0.29, 0.717) is 11.6 Å². The normalized spacial score (nSPS) is 16.8. The number of aryl methyl sites for hydroxylation is 1. The fourth-order valence-electron chi connectivity index (χ4n) is 4.57. The van der Waals surface area contributed by atoms with Gasteiger partial charge in [-0.1, -0.05) is 41.9 Å². The van der Waals surface area contributed by atoms with Gasteiger partial charge in [-0.25, -0.2) is 0 Å². The molecule has 3 aromatic rings. The number of para-hydroxylation sites is 1. The van der Waals surface area contributed by atoms with Gasteiger partial charge in [0.25, 0.3) is 0 Å². The summed E-state index contributed by atoms with van der Waals surface area (Å²) in [5.41, 5.74) is 10.5. The molecule has 2 aromatic carbocycles. The van der Waals surface area contributed by atoms with Gasteiger partial charge in [0.2, 0.25) is 0 Å². The minimum absolute atomic E-state index is 0.00240. The van der Waals surface area contributed by atoms with Crippen molar-refractivity contribution in [3.8, 4) is 10.4 Å². The summed E-state index contributed by atoms with van der Waals surface area (Å²) in [7, 11) is 1.40. The summed E-state index contributed by atoms with van der Waals surface area (Å²) in [4.78, 5) is 29.3. The number of anilines is 1. The Bertz CT molecular complexity index is 1170. The van der Waals surface area contributed by atoms with E-state index in [2.05, 4.69) is 4.90 Å². The molecule has 0 saturated carbocycles. The van der Waals surface area contributed by atoms with Crippen molar-refractivity contribution in [2.75, 3.05) is 25.1 Å². The third kappa shape index (κ3) is 5.35. The summed E-state index contributed by atoms with van der Waals surface area (Å²) < 4.78 is 4.86. The van der Waals surface area contributed by atoms with Gasteiger partial charge < -0.3 is 15.4 Å². The highest BCUT2D eigenvalue weighted by molar-refractivity contribution is 7.17. The Hall–Kier alpha value is -2.67. The van der Waals surface area contributed by atoms with Crippen LogP contribution in [-0.2, 0) is 16.0 Å². The third-order valence-corrected chi connectivity index (χ3v) is 7.99. The summed E-state index contributed by atoms with van der Waals surface area (Å²) in [5.74, 6) is -0.233. The van der Waals surface area contributed by atoms with Gasteiger partial charge in [-0.2, -0.15) is 0 Å². The lowest BCUT2D eigenvalue weighted by Gasteiger charge is -2.37. The molecule has 7 heteroatoms. The summed E-state index contributed by atoms with van der Waals surface area (Å²) in [5, 5.41) is 0.686. The van der Waals surface area contributed by atoms with Gasteiger partial charge in [-0.15, -0.1) is 11.3 Å². The molecule has 0 amide bonds. The van der Waals surface area contributed by atoms with Crippen LogP contribution in [0.5, 0.6) is 0 Å². The zero-order chi connectivity index (χ0) is 24.2. The SMILES string of the molecule is COC(=O)Cc1ccccc1N1CCCC(C(N)C(=O)c2sc(-c3ccc(Cl)cc3)cc2C)C1. The highest BCUT2D eigenvalue weighted by atomic mass is 35.5. The van der Waals surface area contributed by atoms with Gasteiger partial charge in [0, 0.05) is 28.7 Å². The van der Waals surface area contributed by atoms with Crippen molar-refractivity contribution < 1.29 is 14.3 Å². The lowest BCUT2D eigenvalue weighted by molar-refractivity contribution is -0.139. The van der Waals surface area contributed by atoms with E-state index in [4.69, 9.17) is 22.1 Å². The first-order valence-electron chi connectivity index (χ1n) is 11.4. The predicted molar refractivity (Wildman–Crippen MR) is 139 cm³/mol. The van der Waals surface area contributed by atoms with E-state index >= 15 is 0 Å². The fraction of sp³-hybridized carbons (Fsp3) is 0.333. The van der Waals surface area contributed by atoms with Gasteiger partial charge in [-0.3, -0.25) is 9.59 Å². The van der Waals surface area contributed by atoms with E-state index in [-0.39, 0.29) is 24.1 Å². The molecule has 2 N–H and O–H groups in total. The van der Waals surface area contributed by atoms with Gasteiger partial charge in [0.1, 0.15) is 0 Å². The molecule has 178 valence electrons. The second-order valence-corrected chi connectivity index (χ2v) is 10.2. The van der Waals surface area contributed by atoms with Crippen molar-refractivity contribution >= 4 is 40.4 Å². The number of hydrogen-bond acceptors (Lipinski definition) is 6. The smallest absolute Gasteiger partial charge is 0.310 e. The Morgan fingerprint density at radius 2 is 1.94 bits per heavy atom. The van der Waals surface area contributed by atoms with Crippen LogP contribution >= 0.6 is 22.9 Å². The van der Waals surface area contributed by atoms with E-state index in [9.17, 15) is 9.59 Å². The third-order valence-electron chi connectivity index (χ3n) is 6.43. The Morgan fingerprint density at radius 3 is 2.68 bits per heavy atom. The zero-order valence-corrected chi connectivity index (χ0v) is 21.0. The first-order valence-corrected chi connectivity index (χ1v) is 12.6. The number of piperidine rings is 1. The number of ketones is 1. The van der Waals surface area contributed by atoms with Crippen LogP contribution in [0.3, 0.4) is 0 Å². The average molecular weight is 497 g/mol. The molecular formula is C27H29ClN2O3S. The highest BCUT2D eigenvalue weighted by Crippen LogP contribution is 2.34. The molecule has 34 heavy (non-hydrogen) atoms. The minimum Gasteiger partial charge on any atom is -0.469 e. The Kier molecular flexibility index (Phi) is 7.71. The molecule has 1 saturated heterocycles. The molecule has 0 spiro atoms. The maximum Gasteiger partial charge on any atom is 0.310 e. The van der Waals surface area contributed by atoms with E-state index in [1.54, 1.807) is 0 Å². The maximum absolute atomic E-state index is 13.4. The van der Waals surface area contributed by atoms with Crippen LogP contribution in [0.1, 0.15) is 33.6 Å². The minimum atomic E-state index is -0.578. The van der Waals surface area contributed by atoms with E-state index in [1.165, 1.54) is 18.4 Å². The van der Waals surface area contributed by atoms with Crippen LogP contribution < -0.4 is 10.6 Å². The molecule has 0 radical (unpaired) electrons. The first kappa shape index (κ1) is 24.5. The second-order valence-electron chi connectivity index (χ2n) is 8.75. The molecule has 0 aliphatic carbocycles. The van der Waals surface area contributed by atoms with E-state index in [0.717, 1.165) is 51.5 Å². The number of nitrogens with two attached hydrogens (primary N) is 1. The topological polar surface area (TPSA) is 72.6 Å². The van der Waals surface area contributed by atoms with Crippen molar-refractivity contribution in [2.24, 2.45) is 11.7 Å². The number of ether oxygens (including phenoxy) is 1. The Labute approximate surface area is 209 Å². The number of carbonyl (C=O) groups is 2. The van der Waals surface area contributed by atoms with Crippen LogP contribution in [-0.4, -0.2) is 38.0 Å². The van der Waals surface area contributed by atoms with Crippen molar-refractivity contribution in [3.05, 3.63) is 75.6 Å². The van der Waals surface area contributed by atoms with Crippen molar-refractivity contribution in [3.63, 3.8) is 0 Å². The lowest BCUT2D eigenvalue weighted by Crippen LogP contribution is -2.47. The summed E-state index contributed by atoms with van der Waals surface area (Å²) in [6, 6.07) is 17.0.